The maximum atomic E-state index is 13.7. The number of benzene rings is 2. The van der Waals surface area contributed by atoms with Crippen molar-refractivity contribution in [3.05, 3.63) is 69.5 Å². The van der Waals surface area contributed by atoms with Crippen LogP contribution in [0.15, 0.2) is 30.3 Å². The topological polar surface area (TPSA) is 20.2 Å². The third-order valence-corrected chi connectivity index (χ3v) is 3.37. The van der Waals surface area contributed by atoms with Gasteiger partial charge in [-0.15, -0.1) is 0 Å². The van der Waals surface area contributed by atoms with Gasteiger partial charge in [0.05, 0.1) is 11.1 Å². The van der Waals surface area contributed by atoms with Crippen molar-refractivity contribution >= 4 is 11.6 Å². The van der Waals surface area contributed by atoms with Crippen molar-refractivity contribution in [3.8, 4) is 0 Å². The SMILES string of the molecule is Cc1cc(C(O)Cc2cccc(Cl)c2F)c(F)cc1F. The van der Waals surface area contributed by atoms with Crippen molar-refractivity contribution in [1.29, 1.82) is 0 Å². The first-order valence-electron chi connectivity index (χ1n) is 5.96. The molecular formula is C15H12ClF3O. The van der Waals surface area contributed by atoms with Crippen LogP contribution in [0.25, 0.3) is 0 Å². The molecule has 0 amide bonds. The van der Waals surface area contributed by atoms with Gasteiger partial charge in [-0.3, -0.25) is 0 Å². The molecule has 0 fully saturated rings. The van der Waals surface area contributed by atoms with E-state index >= 15 is 0 Å². The molecule has 0 saturated heterocycles. The van der Waals surface area contributed by atoms with E-state index in [4.69, 9.17) is 11.6 Å². The molecular weight excluding hydrogens is 289 g/mol. The average Bonchev–Trinajstić information content (AvgIpc) is 2.39. The fourth-order valence-electron chi connectivity index (χ4n) is 1.96. The van der Waals surface area contributed by atoms with E-state index in [-0.39, 0.29) is 28.1 Å². The number of aryl methyl sites for hydroxylation is 1. The fraction of sp³-hybridized carbons (Fsp3) is 0.200. The maximum absolute atomic E-state index is 13.7. The van der Waals surface area contributed by atoms with E-state index in [1.807, 2.05) is 0 Å². The number of rotatable bonds is 3. The largest absolute Gasteiger partial charge is 0.388 e. The van der Waals surface area contributed by atoms with Gasteiger partial charge in [0.15, 0.2) is 0 Å². The molecule has 0 radical (unpaired) electrons. The first-order valence-corrected chi connectivity index (χ1v) is 6.34. The maximum Gasteiger partial charge on any atom is 0.145 e. The highest BCUT2D eigenvalue weighted by molar-refractivity contribution is 6.30. The standard InChI is InChI=1S/C15H12ClF3O/c1-8-5-10(13(18)7-12(8)17)14(20)6-9-3-2-4-11(16)15(9)19/h2-5,7,14,20H,6H2,1H3. The number of hydrogen-bond acceptors (Lipinski definition) is 1. The van der Waals surface area contributed by atoms with Gasteiger partial charge in [-0.05, 0) is 30.2 Å². The summed E-state index contributed by atoms with van der Waals surface area (Å²) in [7, 11) is 0. The molecule has 0 bridgehead atoms. The minimum Gasteiger partial charge on any atom is -0.388 e. The van der Waals surface area contributed by atoms with Gasteiger partial charge in [0.25, 0.3) is 0 Å². The Morgan fingerprint density at radius 1 is 1.15 bits per heavy atom. The Morgan fingerprint density at radius 3 is 2.55 bits per heavy atom. The third-order valence-electron chi connectivity index (χ3n) is 3.08. The lowest BCUT2D eigenvalue weighted by Crippen LogP contribution is -2.07. The van der Waals surface area contributed by atoms with E-state index in [2.05, 4.69) is 0 Å². The van der Waals surface area contributed by atoms with Crippen LogP contribution < -0.4 is 0 Å². The van der Waals surface area contributed by atoms with Crippen LogP contribution in [0.2, 0.25) is 5.02 Å². The summed E-state index contributed by atoms with van der Waals surface area (Å²) in [6.07, 6.45) is -1.42. The molecule has 2 aromatic rings. The summed E-state index contributed by atoms with van der Waals surface area (Å²) in [6.45, 7) is 1.46. The van der Waals surface area contributed by atoms with Crippen LogP contribution in [0.5, 0.6) is 0 Å². The van der Waals surface area contributed by atoms with Gasteiger partial charge in [0, 0.05) is 18.1 Å². The first-order chi connectivity index (χ1) is 9.40. The summed E-state index contributed by atoms with van der Waals surface area (Å²) in [4.78, 5) is 0. The molecule has 1 unspecified atom stereocenters. The lowest BCUT2D eigenvalue weighted by atomic mass is 9.99. The summed E-state index contributed by atoms with van der Waals surface area (Å²) >= 11 is 5.64. The van der Waals surface area contributed by atoms with Crippen LogP contribution in [0.1, 0.15) is 22.8 Å². The molecule has 0 spiro atoms. The van der Waals surface area contributed by atoms with Crippen LogP contribution >= 0.6 is 11.6 Å². The normalized spacial score (nSPS) is 12.5. The monoisotopic (exact) mass is 300 g/mol. The molecule has 0 aliphatic carbocycles. The summed E-state index contributed by atoms with van der Waals surface area (Å²) in [5.74, 6) is -2.19. The van der Waals surface area contributed by atoms with E-state index in [1.54, 1.807) is 6.07 Å². The van der Waals surface area contributed by atoms with Gasteiger partial charge in [-0.2, -0.15) is 0 Å². The second-order valence-corrected chi connectivity index (χ2v) is 4.96. The quantitative estimate of drug-likeness (QED) is 0.894. The number of halogens is 4. The Labute approximate surface area is 119 Å². The van der Waals surface area contributed by atoms with Gasteiger partial charge < -0.3 is 5.11 Å². The Balaban J connectivity index is 2.31. The second kappa shape index (κ2) is 5.85. The molecule has 1 nitrogen and oxygen atoms in total. The highest BCUT2D eigenvalue weighted by Gasteiger charge is 2.18. The van der Waals surface area contributed by atoms with Crippen LogP contribution in [0.4, 0.5) is 13.2 Å². The number of aliphatic hydroxyl groups is 1. The van der Waals surface area contributed by atoms with E-state index in [0.717, 1.165) is 0 Å². The van der Waals surface area contributed by atoms with Crippen LogP contribution in [-0.4, -0.2) is 5.11 Å². The van der Waals surface area contributed by atoms with Crippen molar-refractivity contribution in [3.63, 3.8) is 0 Å². The van der Waals surface area contributed by atoms with Crippen molar-refractivity contribution < 1.29 is 18.3 Å². The fourth-order valence-corrected chi connectivity index (χ4v) is 2.15. The molecule has 2 rings (SSSR count). The van der Waals surface area contributed by atoms with Crippen molar-refractivity contribution in [2.75, 3.05) is 0 Å². The Hall–Kier alpha value is -1.52. The predicted molar refractivity (Wildman–Crippen MR) is 71.2 cm³/mol. The smallest absolute Gasteiger partial charge is 0.145 e. The molecule has 1 N–H and O–H groups in total. The van der Waals surface area contributed by atoms with E-state index < -0.39 is 23.6 Å². The Bertz CT molecular complexity index is 643. The Morgan fingerprint density at radius 2 is 1.85 bits per heavy atom. The minimum absolute atomic E-state index is 0.0644. The summed E-state index contributed by atoms with van der Waals surface area (Å²) < 4.78 is 40.5. The van der Waals surface area contributed by atoms with Gasteiger partial charge in [-0.1, -0.05) is 23.7 Å². The van der Waals surface area contributed by atoms with E-state index in [9.17, 15) is 18.3 Å². The zero-order valence-electron chi connectivity index (χ0n) is 10.6. The van der Waals surface area contributed by atoms with Crippen LogP contribution in [0.3, 0.4) is 0 Å². The molecule has 0 aliphatic rings. The number of aliphatic hydroxyl groups excluding tert-OH is 1. The molecule has 0 aromatic heterocycles. The van der Waals surface area contributed by atoms with Crippen molar-refractivity contribution in [1.82, 2.24) is 0 Å². The zero-order valence-corrected chi connectivity index (χ0v) is 11.4. The van der Waals surface area contributed by atoms with Gasteiger partial charge in [0.2, 0.25) is 0 Å². The predicted octanol–water partition coefficient (Wildman–Crippen LogP) is 4.34. The summed E-state index contributed by atoms with van der Waals surface area (Å²) in [5.41, 5.74) is 0.321. The molecule has 0 aliphatic heterocycles. The molecule has 2 aromatic carbocycles. The van der Waals surface area contributed by atoms with Crippen molar-refractivity contribution in [2.24, 2.45) is 0 Å². The van der Waals surface area contributed by atoms with Gasteiger partial charge >= 0.3 is 0 Å². The highest BCUT2D eigenvalue weighted by atomic mass is 35.5. The zero-order chi connectivity index (χ0) is 14.9. The van der Waals surface area contributed by atoms with E-state index in [1.165, 1.54) is 25.1 Å². The molecule has 0 saturated carbocycles. The summed E-state index contributed by atoms with van der Waals surface area (Å²) in [6, 6.07) is 6.31. The molecule has 20 heavy (non-hydrogen) atoms. The first kappa shape index (κ1) is 14.9. The molecule has 0 heterocycles. The average molecular weight is 301 g/mol. The highest BCUT2D eigenvalue weighted by Crippen LogP contribution is 2.26. The van der Waals surface area contributed by atoms with E-state index in [0.29, 0.717) is 6.07 Å². The lowest BCUT2D eigenvalue weighted by molar-refractivity contribution is 0.172. The molecule has 106 valence electrons. The Kier molecular flexibility index (Phi) is 4.35. The molecule has 1 atom stereocenters. The minimum atomic E-state index is -1.28. The van der Waals surface area contributed by atoms with Gasteiger partial charge in [0.1, 0.15) is 17.5 Å². The third kappa shape index (κ3) is 2.97. The lowest BCUT2D eigenvalue weighted by Gasteiger charge is -2.14. The van der Waals surface area contributed by atoms with Crippen LogP contribution in [0, 0.1) is 24.4 Å². The molecule has 5 heteroatoms. The van der Waals surface area contributed by atoms with Crippen LogP contribution in [-0.2, 0) is 6.42 Å². The van der Waals surface area contributed by atoms with Crippen molar-refractivity contribution in [2.45, 2.75) is 19.4 Å². The number of hydrogen-bond donors (Lipinski definition) is 1. The second-order valence-electron chi connectivity index (χ2n) is 4.56. The van der Waals surface area contributed by atoms with Gasteiger partial charge in [-0.25, -0.2) is 13.2 Å². The summed E-state index contributed by atoms with van der Waals surface area (Å²) in [5, 5.41) is 9.95.